The maximum absolute atomic E-state index is 4.43. The highest BCUT2D eigenvalue weighted by atomic mass is 127. The molecule has 1 aliphatic rings. The van der Waals surface area contributed by atoms with Crippen molar-refractivity contribution in [3.05, 3.63) is 28.0 Å². The predicted molar refractivity (Wildman–Crippen MR) is 65.2 cm³/mol. The highest BCUT2D eigenvalue weighted by Crippen LogP contribution is 2.31. The summed E-state index contributed by atoms with van der Waals surface area (Å²) in [6.07, 6.45) is 4.73. The average Bonchev–Trinajstić information content (AvgIpc) is 2.90. The molecule has 0 amide bonds. The molecule has 0 atom stereocenters. The Morgan fingerprint density at radius 2 is 2.29 bits per heavy atom. The summed E-state index contributed by atoms with van der Waals surface area (Å²) in [5, 5.41) is 5.69. The number of aromatic nitrogens is 2. The lowest BCUT2D eigenvalue weighted by Crippen LogP contribution is -2.01. The zero-order valence-corrected chi connectivity index (χ0v) is 9.94. The Morgan fingerprint density at radius 3 is 3.07 bits per heavy atom. The van der Waals surface area contributed by atoms with Gasteiger partial charge < -0.3 is 0 Å². The first kappa shape index (κ1) is 8.71. The molecule has 0 bridgehead atoms. The van der Waals surface area contributed by atoms with Crippen LogP contribution in [0.3, 0.4) is 0 Å². The third kappa shape index (κ3) is 1.54. The van der Waals surface area contributed by atoms with Crippen LogP contribution in [-0.4, -0.2) is 9.78 Å². The van der Waals surface area contributed by atoms with Crippen LogP contribution in [0.15, 0.2) is 24.4 Å². The molecule has 1 saturated carbocycles. The van der Waals surface area contributed by atoms with Crippen molar-refractivity contribution in [1.29, 1.82) is 0 Å². The lowest BCUT2D eigenvalue weighted by molar-refractivity contribution is 0.580. The predicted octanol–water partition coefficient (Wildman–Crippen LogP) is 3.05. The first-order valence-corrected chi connectivity index (χ1v) is 6.02. The fraction of sp³-hybridized carbons (Fsp3) is 0.364. The Morgan fingerprint density at radius 1 is 1.43 bits per heavy atom. The smallest absolute Gasteiger partial charge is 0.0693 e. The van der Waals surface area contributed by atoms with Crippen LogP contribution in [0.5, 0.6) is 0 Å². The molecule has 2 aromatic rings. The third-order valence-corrected chi connectivity index (χ3v) is 3.41. The molecule has 1 aromatic carbocycles. The van der Waals surface area contributed by atoms with Crippen LogP contribution in [0.25, 0.3) is 10.9 Å². The summed E-state index contributed by atoms with van der Waals surface area (Å²) in [6.45, 7) is 1.10. The van der Waals surface area contributed by atoms with E-state index in [1.807, 2.05) is 6.20 Å². The van der Waals surface area contributed by atoms with E-state index in [9.17, 15) is 0 Å². The number of benzene rings is 1. The highest BCUT2D eigenvalue weighted by molar-refractivity contribution is 14.1. The van der Waals surface area contributed by atoms with Gasteiger partial charge in [0, 0.05) is 15.5 Å². The van der Waals surface area contributed by atoms with Gasteiger partial charge >= 0.3 is 0 Å². The Labute approximate surface area is 96.4 Å². The second-order valence-electron chi connectivity index (χ2n) is 3.97. The number of halogens is 1. The van der Waals surface area contributed by atoms with E-state index in [1.54, 1.807) is 0 Å². The molecule has 1 heterocycles. The third-order valence-electron chi connectivity index (χ3n) is 2.73. The van der Waals surface area contributed by atoms with Gasteiger partial charge in [-0.1, -0.05) is 6.07 Å². The van der Waals surface area contributed by atoms with Crippen LogP contribution >= 0.6 is 22.6 Å². The molecule has 14 heavy (non-hydrogen) atoms. The van der Waals surface area contributed by atoms with Crippen LogP contribution < -0.4 is 0 Å². The Bertz CT molecular complexity index is 471. The SMILES string of the molecule is Ic1ccc2cnn(CC3CC3)c2c1. The molecule has 1 fully saturated rings. The Kier molecular flexibility index (Phi) is 2.00. The summed E-state index contributed by atoms with van der Waals surface area (Å²) in [7, 11) is 0. The van der Waals surface area contributed by atoms with Crippen molar-refractivity contribution < 1.29 is 0 Å². The lowest BCUT2D eigenvalue weighted by atomic mass is 10.2. The normalized spacial score (nSPS) is 16.4. The molecule has 0 N–H and O–H groups in total. The van der Waals surface area contributed by atoms with Crippen molar-refractivity contribution in [2.45, 2.75) is 19.4 Å². The minimum Gasteiger partial charge on any atom is -0.265 e. The van der Waals surface area contributed by atoms with Crippen molar-refractivity contribution >= 4 is 33.5 Å². The van der Waals surface area contributed by atoms with Gasteiger partial charge in [0.05, 0.1) is 11.7 Å². The number of hydrogen-bond acceptors (Lipinski definition) is 1. The summed E-state index contributed by atoms with van der Waals surface area (Å²) in [5.74, 6) is 0.885. The van der Waals surface area contributed by atoms with Crippen molar-refractivity contribution in [2.75, 3.05) is 0 Å². The fourth-order valence-electron chi connectivity index (χ4n) is 1.73. The molecule has 0 spiro atoms. The summed E-state index contributed by atoms with van der Waals surface area (Å²) in [6, 6.07) is 6.49. The van der Waals surface area contributed by atoms with E-state index in [0.717, 1.165) is 12.5 Å². The van der Waals surface area contributed by atoms with Crippen molar-refractivity contribution in [3.8, 4) is 0 Å². The zero-order valence-electron chi connectivity index (χ0n) is 7.78. The first-order chi connectivity index (χ1) is 6.83. The molecule has 0 aliphatic heterocycles. The van der Waals surface area contributed by atoms with Gasteiger partial charge in [0.1, 0.15) is 0 Å². The van der Waals surface area contributed by atoms with Gasteiger partial charge in [-0.3, -0.25) is 4.68 Å². The molecule has 2 nitrogen and oxygen atoms in total. The summed E-state index contributed by atoms with van der Waals surface area (Å²) < 4.78 is 3.43. The van der Waals surface area contributed by atoms with E-state index in [4.69, 9.17) is 0 Å². The second kappa shape index (κ2) is 3.22. The maximum atomic E-state index is 4.43. The van der Waals surface area contributed by atoms with Gasteiger partial charge in [-0.2, -0.15) is 5.10 Å². The molecule has 0 radical (unpaired) electrons. The second-order valence-corrected chi connectivity index (χ2v) is 5.22. The Balaban J connectivity index is 2.08. The number of fused-ring (bicyclic) bond motifs is 1. The zero-order chi connectivity index (χ0) is 9.54. The molecule has 3 rings (SSSR count). The molecule has 0 unspecified atom stereocenters. The average molecular weight is 298 g/mol. The monoisotopic (exact) mass is 298 g/mol. The van der Waals surface area contributed by atoms with E-state index in [0.29, 0.717) is 0 Å². The van der Waals surface area contributed by atoms with Crippen LogP contribution in [0, 0.1) is 9.49 Å². The standard InChI is InChI=1S/C11H11IN2/c12-10-4-3-9-6-13-14(11(9)5-10)7-8-1-2-8/h3-6,8H,1-2,7H2. The maximum Gasteiger partial charge on any atom is 0.0693 e. The van der Waals surface area contributed by atoms with E-state index in [1.165, 1.54) is 27.3 Å². The molecular weight excluding hydrogens is 287 g/mol. The van der Waals surface area contributed by atoms with Gasteiger partial charge in [0.25, 0.3) is 0 Å². The molecule has 72 valence electrons. The van der Waals surface area contributed by atoms with Crippen molar-refractivity contribution in [3.63, 3.8) is 0 Å². The van der Waals surface area contributed by atoms with Crippen LogP contribution in [-0.2, 0) is 6.54 Å². The summed E-state index contributed by atoms with van der Waals surface area (Å²) >= 11 is 2.35. The van der Waals surface area contributed by atoms with Gasteiger partial charge in [0.2, 0.25) is 0 Å². The van der Waals surface area contributed by atoms with Crippen LogP contribution in [0.2, 0.25) is 0 Å². The topological polar surface area (TPSA) is 17.8 Å². The largest absolute Gasteiger partial charge is 0.265 e. The quantitative estimate of drug-likeness (QED) is 0.779. The number of hydrogen-bond donors (Lipinski definition) is 0. The van der Waals surface area contributed by atoms with E-state index >= 15 is 0 Å². The molecular formula is C11H11IN2. The van der Waals surface area contributed by atoms with E-state index < -0.39 is 0 Å². The van der Waals surface area contributed by atoms with Gasteiger partial charge in [0.15, 0.2) is 0 Å². The molecule has 1 aliphatic carbocycles. The summed E-state index contributed by atoms with van der Waals surface area (Å²) in [4.78, 5) is 0. The summed E-state index contributed by atoms with van der Waals surface area (Å²) in [5.41, 5.74) is 1.28. The number of rotatable bonds is 2. The Hall–Kier alpha value is -0.580. The first-order valence-electron chi connectivity index (χ1n) is 4.94. The van der Waals surface area contributed by atoms with Gasteiger partial charge in [-0.05, 0) is 53.5 Å². The van der Waals surface area contributed by atoms with Gasteiger partial charge in [-0.25, -0.2) is 0 Å². The van der Waals surface area contributed by atoms with Crippen LogP contribution in [0.1, 0.15) is 12.8 Å². The highest BCUT2D eigenvalue weighted by Gasteiger charge is 2.22. The van der Waals surface area contributed by atoms with E-state index in [2.05, 4.69) is 50.6 Å². The molecule has 0 saturated heterocycles. The fourth-order valence-corrected chi connectivity index (χ4v) is 2.21. The minimum atomic E-state index is 0.885. The minimum absolute atomic E-state index is 0.885. The van der Waals surface area contributed by atoms with E-state index in [-0.39, 0.29) is 0 Å². The van der Waals surface area contributed by atoms with Crippen molar-refractivity contribution in [2.24, 2.45) is 5.92 Å². The molecule has 3 heteroatoms. The van der Waals surface area contributed by atoms with Gasteiger partial charge in [-0.15, -0.1) is 0 Å². The van der Waals surface area contributed by atoms with Crippen LogP contribution in [0.4, 0.5) is 0 Å². The van der Waals surface area contributed by atoms with Crippen molar-refractivity contribution in [1.82, 2.24) is 9.78 Å². The lowest BCUT2D eigenvalue weighted by Gasteiger charge is -2.01. The number of nitrogens with zero attached hydrogens (tertiary/aromatic N) is 2. The molecule has 1 aromatic heterocycles.